The number of halogens is 1. The summed E-state index contributed by atoms with van der Waals surface area (Å²) in [5, 5.41) is 4.29. The Hall–Kier alpha value is -1.79. The highest BCUT2D eigenvalue weighted by atomic mass is 131. The molecular formula is C19H23IN6O2S. The molecule has 1 aliphatic rings. The monoisotopic (exact) mass is 530 g/mol. The fourth-order valence-electron chi connectivity index (χ4n) is 3.06. The maximum Gasteiger partial charge on any atom is 0.175 e. The van der Waals surface area contributed by atoms with Crippen LogP contribution in [0.15, 0.2) is 28.5 Å². The number of aryl methyl sites for hydroxylation is 1. The largest absolute Gasteiger partial charge is 0.486 e. The van der Waals surface area contributed by atoms with Gasteiger partial charge < -0.3 is 25.1 Å². The lowest BCUT2D eigenvalue weighted by Gasteiger charge is -2.19. The number of anilines is 1. The highest BCUT2D eigenvalue weighted by Gasteiger charge is 2.20. The molecule has 0 saturated carbocycles. The molecule has 8 nitrogen and oxygen atoms in total. The zero-order valence-corrected chi connectivity index (χ0v) is 19.3. The Balaban J connectivity index is 1.66. The van der Waals surface area contributed by atoms with Crippen LogP contribution >= 0.6 is 34.4 Å². The van der Waals surface area contributed by atoms with Gasteiger partial charge in [0, 0.05) is 21.1 Å². The summed E-state index contributed by atoms with van der Waals surface area (Å²) in [7, 11) is 0. The highest BCUT2D eigenvalue weighted by molar-refractivity contribution is 14.1. The van der Waals surface area contributed by atoms with Crippen LogP contribution in [0.25, 0.3) is 11.2 Å². The van der Waals surface area contributed by atoms with Crippen molar-refractivity contribution in [1.82, 2.24) is 24.8 Å². The van der Waals surface area contributed by atoms with Gasteiger partial charge in [0.2, 0.25) is 0 Å². The first kappa shape index (κ1) is 20.5. The Morgan fingerprint density at radius 2 is 2.00 bits per heavy atom. The molecule has 0 fully saturated rings. The fraction of sp³-hybridized carbons (Fsp3) is 0.421. The van der Waals surface area contributed by atoms with Gasteiger partial charge in [-0.15, -0.1) is 0 Å². The zero-order chi connectivity index (χ0) is 20.4. The van der Waals surface area contributed by atoms with Gasteiger partial charge in [-0.05, 0) is 47.7 Å². The van der Waals surface area contributed by atoms with E-state index >= 15 is 0 Å². The SMILES string of the molecule is CC(C)NCCCn1c(Sc2cc3c(cc2[131I])OCCO3)nc2c(N)ncnc21. The van der Waals surface area contributed by atoms with E-state index in [-0.39, 0.29) is 0 Å². The Morgan fingerprint density at radius 3 is 2.76 bits per heavy atom. The van der Waals surface area contributed by atoms with Crippen LogP contribution in [0.5, 0.6) is 11.5 Å². The molecule has 0 amide bonds. The number of benzene rings is 1. The van der Waals surface area contributed by atoms with Crippen LogP contribution in [0, 0.1) is 3.57 Å². The van der Waals surface area contributed by atoms with Crippen molar-refractivity contribution in [2.24, 2.45) is 0 Å². The third-order valence-electron chi connectivity index (χ3n) is 4.43. The average Bonchev–Trinajstić information content (AvgIpc) is 3.04. The molecule has 3 aromatic rings. The van der Waals surface area contributed by atoms with Crippen LogP contribution in [-0.2, 0) is 6.54 Å². The van der Waals surface area contributed by atoms with E-state index in [9.17, 15) is 0 Å². The van der Waals surface area contributed by atoms with E-state index in [0.29, 0.717) is 30.6 Å². The standard InChI is InChI=1S/C19H23IN6O2S/c1-11(2)22-4-3-5-26-18-16(17(21)23-10-24-18)25-19(26)29-15-9-14-13(8-12(15)20)27-6-7-28-14/h8-11,22H,3-7H2,1-2H3,(H2,21,23,24)/i20+4. The van der Waals surface area contributed by atoms with Crippen molar-refractivity contribution in [3.05, 3.63) is 22.0 Å². The minimum atomic E-state index is 0.396. The van der Waals surface area contributed by atoms with Gasteiger partial charge in [0.25, 0.3) is 0 Å². The first-order valence-corrected chi connectivity index (χ1v) is 11.4. The normalized spacial score (nSPS) is 13.4. The van der Waals surface area contributed by atoms with E-state index in [1.807, 2.05) is 12.1 Å². The Labute approximate surface area is 187 Å². The molecule has 0 radical (unpaired) electrons. The van der Waals surface area contributed by atoms with Crippen molar-refractivity contribution in [2.75, 3.05) is 25.5 Å². The van der Waals surface area contributed by atoms with E-state index in [2.05, 4.69) is 56.3 Å². The van der Waals surface area contributed by atoms with E-state index in [1.54, 1.807) is 11.8 Å². The number of fused-ring (bicyclic) bond motifs is 2. The molecule has 0 aliphatic carbocycles. The van der Waals surface area contributed by atoms with Gasteiger partial charge in [-0.2, -0.15) is 0 Å². The third-order valence-corrected chi connectivity index (χ3v) is 6.74. The molecule has 1 aliphatic heterocycles. The van der Waals surface area contributed by atoms with Gasteiger partial charge in [0.05, 0.1) is 0 Å². The van der Waals surface area contributed by atoms with Gasteiger partial charge in [-0.3, -0.25) is 0 Å². The number of nitrogens with zero attached hydrogens (tertiary/aromatic N) is 4. The molecule has 2 aromatic heterocycles. The van der Waals surface area contributed by atoms with Crippen molar-refractivity contribution in [2.45, 2.75) is 42.9 Å². The van der Waals surface area contributed by atoms with Crippen molar-refractivity contribution in [3.8, 4) is 11.5 Å². The number of hydrogen-bond acceptors (Lipinski definition) is 8. The minimum absolute atomic E-state index is 0.396. The number of aromatic nitrogens is 4. The molecule has 0 spiro atoms. The molecule has 3 N–H and O–H groups in total. The molecule has 10 heteroatoms. The van der Waals surface area contributed by atoms with Gasteiger partial charge in [0.1, 0.15) is 19.5 Å². The van der Waals surface area contributed by atoms with Crippen LogP contribution in [0.1, 0.15) is 20.3 Å². The number of ether oxygens (including phenoxy) is 2. The van der Waals surface area contributed by atoms with Crippen LogP contribution in [0.4, 0.5) is 5.82 Å². The lowest BCUT2D eigenvalue weighted by atomic mass is 10.3. The van der Waals surface area contributed by atoms with Gasteiger partial charge in [-0.25, -0.2) is 15.0 Å². The summed E-state index contributed by atoms with van der Waals surface area (Å²) in [6, 6.07) is 4.48. The molecule has 3 heterocycles. The van der Waals surface area contributed by atoms with E-state index in [0.717, 1.165) is 50.3 Å². The molecular weight excluding hydrogens is 507 g/mol. The number of nitrogen functional groups attached to an aromatic ring is 1. The number of rotatable bonds is 7. The van der Waals surface area contributed by atoms with Crippen LogP contribution in [0.2, 0.25) is 0 Å². The molecule has 0 unspecified atom stereocenters. The summed E-state index contributed by atoms with van der Waals surface area (Å²) in [4.78, 5) is 14.3. The molecule has 1 aromatic carbocycles. The molecule has 0 saturated heterocycles. The molecule has 0 atom stereocenters. The maximum atomic E-state index is 6.06. The summed E-state index contributed by atoms with van der Waals surface area (Å²) in [6.07, 6.45) is 2.45. The number of nitrogens with two attached hydrogens (primary N) is 1. The number of hydrogen-bond donors (Lipinski definition) is 2. The van der Waals surface area contributed by atoms with Crippen LogP contribution in [0.3, 0.4) is 0 Å². The van der Waals surface area contributed by atoms with E-state index in [1.165, 1.54) is 6.33 Å². The van der Waals surface area contributed by atoms with E-state index < -0.39 is 0 Å². The fourth-order valence-corrected chi connectivity index (χ4v) is 4.78. The average molecular weight is 530 g/mol. The second-order valence-electron chi connectivity index (χ2n) is 6.97. The zero-order valence-electron chi connectivity index (χ0n) is 16.3. The number of nitrogens with one attached hydrogen (secondary N) is 1. The predicted octanol–water partition coefficient (Wildman–Crippen LogP) is 3.32. The second-order valence-corrected chi connectivity index (χ2v) is 9.14. The first-order valence-electron chi connectivity index (χ1n) is 9.50. The molecule has 154 valence electrons. The predicted molar refractivity (Wildman–Crippen MR) is 122 cm³/mol. The van der Waals surface area contributed by atoms with Crippen molar-refractivity contribution >= 4 is 51.3 Å². The summed E-state index contributed by atoms with van der Waals surface area (Å²) in [5.74, 6) is 1.95. The summed E-state index contributed by atoms with van der Waals surface area (Å²) >= 11 is 3.89. The van der Waals surface area contributed by atoms with Crippen molar-refractivity contribution < 1.29 is 9.47 Å². The van der Waals surface area contributed by atoms with Crippen molar-refractivity contribution in [1.29, 1.82) is 0 Å². The van der Waals surface area contributed by atoms with Crippen molar-refractivity contribution in [3.63, 3.8) is 0 Å². The Kier molecular flexibility index (Phi) is 6.30. The van der Waals surface area contributed by atoms with Gasteiger partial charge in [0.15, 0.2) is 33.6 Å². The topological polar surface area (TPSA) is 100 Å². The van der Waals surface area contributed by atoms with Gasteiger partial charge >= 0.3 is 0 Å². The molecule has 4 rings (SSSR count). The first-order chi connectivity index (χ1) is 14.0. The van der Waals surface area contributed by atoms with Crippen LogP contribution < -0.4 is 20.5 Å². The van der Waals surface area contributed by atoms with Crippen LogP contribution in [-0.4, -0.2) is 45.3 Å². The maximum absolute atomic E-state index is 6.06. The smallest absolute Gasteiger partial charge is 0.175 e. The minimum Gasteiger partial charge on any atom is -0.486 e. The Bertz CT molecular complexity index is 1030. The number of imidazole rings is 1. The lowest BCUT2D eigenvalue weighted by molar-refractivity contribution is 0.171. The quantitative estimate of drug-likeness (QED) is 0.355. The summed E-state index contributed by atoms with van der Waals surface area (Å²) in [6.45, 7) is 7.13. The van der Waals surface area contributed by atoms with E-state index in [4.69, 9.17) is 20.2 Å². The van der Waals surface area contributed by atoms with Gasteiger partial charge in [-0.1, -0.05) is 25.6 Å². The summed E-state index contributed by atoms with van der Waals surface area (Å²) < 4.78 is 14.6. The lowest BCUT2D eigenvalue weighted by Crippen LogP contribution is -2.24. The Morgan fingerprint density at radius 1 is 1.24 bits per heavy atom. The summed E-state index contributed by atoms with van der Waals surface area (Å²) in [5.41, 5.74) is 7.46. The highest BCUT2D eigenvalue weighted by Crippen LogP contribution is 2.40. The third kappa shape index (κ3) is 4.53. The second kappa shape index (κ2) is 8.92. The molecule has 0 bridgehead atoms. The molecule has 29 heavy (non-hydrogen) atoms.